The zero-order valence-corrected chi connectivity index (χ0v) is 54.7. The molecule has 3 aromatic carbocycles. The maximum Gasteiger partial charge on any atom is 0.261 e. The molecule has 0 radical (unpaired) electrons. The molecule has 7 amide bonds. The van der Waals surface area contributed by atoms with Gasteiger partial charge in [-0.15, -0.1) is 10.2 Å². The Labute approximate surface area is 557 Å². The molecule has 1 aromatic heterocycles. The van der Waals surface area contributed by atoms with Gasteiger partial charge in [0.05, 0.1) is 43.2 Å². The molecule has 13 atom stereocenters. The van der Waals surface area contributed by atoms with Gasteiger partial charge in [0.15, 0.2) is 11.5 Å². The number of piperidine rings is 1. The van der Waals surface area contributed by atoms with E-state index in [2.05, 4.69) is 51.1 Å². The first kappa shape index (κ1) is 73.6. The molecule has 0 aliphatic carbocycles. The summed E-state index contributed by atoms with van der Waals surface area (Å²) in [6.45, 7) is 4.19. The number of amides is 7. The molecule has 4 aliphatic heterocycles. The third-order valence-corrected chi connectivity index (χ3v) is 18.7. The Morgan fingerprint density at radius 2 is 1.38 bits per heavy atom. The van der Waals surface area contributed by atoms with Gasteiger partial charge in [0.1, 0.15) is 52.0 Å². The first-order valence-corrected chi connectivity index (χ1v) is 33.3. The van der Waals surface area contributed by atoms with E-state index in [1.165, 1.54) is 35.6 Å². The first-order valence-electron chi connectivity index (χ1n) is 31.8. The molecule has 5 heterocycles. The zero-order chi connectivity index (χ0) is 68.3. The number of hydrogen-bond donors (Lipinski definition) is 13. The number of carbonyl (C=O) groups excluding carboxylic acids is 7. The lowest BCUT2D eigenvalue weighted by Crippen LogP contribution is -2.64. The molecule has 4 aliphatic rings. The lowest BCUT2D eigenvalue weighted by atomic mass is 9.98. The third kappa shape index (κ3) is 20.2. The standard InChI is InChI=1S/C63H86N10O20S2/c1-35-33-73-53(54(35)80)59(85)64-32-41(75)30-44(65-55(81)38-13-15-39(16-14-38)60-69-70-61(94-60)40-17-19-43(20-18-40)90-27-11-6-4-5-10-26-89-3)56(82)66-50(36(2)74)62(86)72-34-42(76)31-45(72)57(83)67-51(48(79)28-37-12-21-46(77)49(29-37)91-95-93-92-88)58(84)68-52(63(73)87)47(78)22-25-71-23-8-7-9-24-71/h12-21,29,35-36,41-42,44-45,47-48,50-54,74-80,88H,4-11,22-28,30-34H2,1-3H3,(H,64,85)(H,65,81)(H,66,82)(H,67,83)(H,68,84)/t35-,36+,41+,42+,44+,45+,47-,48-,50+,51+,52+,53+,54+/m1/s1. The molecule has 8 rings (SSSR count). The zero-order valence-electron chi connectivity index (χ0n) is 53.0. The Balaban J connectivity index is 1.06. The number of carbonyl (C=O) groups is 7. The van der Waals surface area contributed by atoms with Crippen molar-refractivity contribution < 1.29 is 97.6 Å². The highest BCUT2D eigenvalue weighted by atomic mass is 32.2. The van der Waals surface area contributed by atoms with Gasteiger partial charge < -0.3 is 90.7 Å². The van der Waals surface area contributed by atoms with Crippen LogP contribution in [0.3, 0.4) is 0 Å². The normalized spacial score (nSPS) is 25.5. The number of benzene rings is 3. The van der Waals surface area contributed by atoms with Gasteiger partial charge in [0.2, 0.25) is 35.4 Å². The fraction of sp³-hybridized carbons (Fsp3) is 0.571. The van der Waals surface area contributed by atoms with Crippen molar-refractivity contribution in [2.45, 2.75) is 164 Å². The van der Waals surface area contributed by atoms with Crippen LogP contribution in [-0.4, -0.2) is 240 Å². The van der Waals surface area contributed by atoms with E-state index in [1.54, 1.807) is 26.2 Å². The van der Waals surface area contributed by atoms with E-state index in [0.717, 1.165) is 92.1 Å². The molecule has 0 unspecified atom stereocenters. The minimum absolute atomic E-state index is 0.0300. The Morgan fingerprint density at radius 1 is 0.737 bits per heavy atom. The number of nitrogens with one attached hydrogen (secondary N) is 5. The molecular formula is C63H86N10O20S2. The minimum Gasteiger partial charge on any atom is -0.504 e. The number of aliphatic hydroxyl groups is 6. The quantitative estimate of drug-likeness (QED) is 0.0188. The van der Waals surface area contributed by atoms with Gasteiger partial charge in [-0.1, -0.05) is 71.5 Å². The third-order valence-electron chi connectivity index (χ3n) is 17.3. The van der Waals surface area contributed by atoms with Gasteiger partial charge in [-0.3, -0.25) is 33.6 Å². The average Bonchev–Trinajstić information content (AvgIpc) is 1.71. The van der Waals surface area contributed by atoms with Crippen LogP contribution in [0.1, 0.15) is 100 Å². The van der Waals surface area contributed by atoms with Crippen LogP contribution >= 0.6 is 23.7 Å². The van der Waals surface area contributed by atoms with Crippen molar-refractivity contribution in [3.05, 3.63) is 77.9 Å². The maximum absolute atomic E-state index is 15.1. The van der Waals surface area contributed by atoms with Gasteiger partial charge in [0, 0.05) is 81.8 Å². The number of aromatic nitrogens is 2. The number of rotatable bonds is 25. The second-order valence-corrected chi connectivity index (χ2v) is 25.8. The van der Waals surface area contributed by atoms with Crippen molar-refractivity contribution in [3.8, 4) is 38.4 Å². The Bertz CT molecular complexity index is 3200. The number of nitrogens with zero attached hydrogens (tertiary/aromatic N) is 5. The van der Waals surface area contributed by atoms with E-state index < -0.39 is 158 Å². The van der Waals surface area contributed by atoms with Crippen molar-refractivity contribution in [3.63, 3.8) is 0 Å². The van der Waals surface area contributed by atoms with E-state index in [9.17, 15) is 64.5 Å². The van der Waals surface area contributed by atoms with E-state index in [-0.39, 0.29) is 48.7 Å². The lowest BCUT2D eigenvalue weighted by Gasteiger charge is -2.34. The van der Waals surface area contributed by atoms with Crippen molar-refractivity contribution in [2.24, 2.45) is 5.92 Å². The average molecular weight is 1370 g/mol. The van der Waals surface area contributed by atoms with Crippen LogP contribution in [0.5, 0.6) is 17.2 Å². The number of phenolic OH excluding ortho intramolecular Hbond substituents is 1. The molecule has 4 fully saturated rings. The van der Waals surface area contributed by atoms with Crippen molar-refractivity contribution in [2.75, 3.05) is 59.6 Å². The number of aliphatic hydroxyl groups excluding tert-OH is 6. The summed E-state index contributed by atoms with van der Waals surface area (Å²) in [5.74, 6) is -8.34. The van der Waals surface area contributed by atoms with Gasteiger partial charge in [0.25, 0.3) is 18.2 Å². The van der Waals surface area contributed by atoms with Crippen molar-refractivity contribution >= 4 is 65.0 Å². The molecule has 95 heavy (non-hydrogen) atoms. The van der Waals surface area contributed by atoms with Crippen LogP contribution in [-0.2, 0) is 49.3 Å². The number of β-amino-alcohol motifs (C(OH)–C–C–N with tert-alkyl or cyclic N) is 1. The summed E-state index contributed by atoms with van der Waals surface area (Å²) in [6.07, 6.45) is -3.83. The number of likely N-dealkylation sites (tertiary alicyclic amines) is 1. The molecule has 32 heteroatoms. The van der Waals surface area contributed by atoms with Crippen molar-refractivity contribution in [1.82, 2.24) is 51.5 Å². The predicted molar refractivity (Wildman–Crippen MR) is 342 cm³/mol. The number of phenols is 1. The Kier molecular flexibility index (Phi) is 27.7. The van der Waals surface area contributed by atoms with E-state index >= 15 is 4.79 Å². The van der Waals surface area contributed by atoms with Crippen LogP contribution < -0.4 is 35.5 Å². The molecule has 13 N–H and O–H groups in total. The molecule has 0 saturated carbocycles. The van der Waals surface area contributed by atoms with Gasteiger partial charge in [-0.2, -0.15) is 0 Å². The highest BCUT2D eigenvalue weighted by molar-refractivity contribution is 7.90. The highest BCUT2D eigenvalue weighted by Crippen LogP contribution is 2.34. The minimum atomic E-state index is -2.08. The van der Waals surface area contributed by atoms with Crippen molar-refractivity contribution in [1.29, 1.82) is 0 Å². The fourth-order valence-electron chi connectivity index (χ4n) is 12.0. The van der Waals surface area contributed by atoms with Crippen LogP contribution in [0.25, 0.3) is 21.1 Å². The summed E-state index contributed by atoms with van der Waals surface area (Å²) in [7, 11) is 1.70. The van der Waals surface area contributed by atoms with Crippen LogP contribution in [0.15, 0.2) is 66.7 Å². The van der Waals surface area contributed by atoms with E-state index in [1.807, 2.05) is 24.3 Å². The molecule has 30 nitrogen and oxygen atoms in total. The molecule has 0 spiro atoms. The van der Waals surface area contributed by atoms with Gasteiger partial charge >= 0.3 is 0 Å². The largest absolute Gasteiger partial charge is 0.504 e. The number of ether oxygens (including phenoxy) is 2. The first-order chi connectivity index (χ1) is 45.6. The maximum atomic E-state index is 15.1. The van der Waals surface area contributed by atoms with E-state index in [0.29, 0.717) is 35.3 Å². The SMILES string of the molecule is COCCCCCCCOc1ccc(-c2nnc(-c3ccc(C(=O)N[C@H]4C[C@H](O)CNC(=O)[C@@H]5[C@@H](O)[C@H](C)CN5C(=O)[C@H]([C@H](O)CCN5CCCCC5)NC(=O)[C@H]([C@H](O)Cc5ccc(O)c(OSOOO)c5)NC(=O)[C@@H]5C[C@H](O)CN5C(=O)[C@H]([C@H](C)O)NC4=O)cc3)s2)cc1. The number of hydrogen-bond acceptors (Lipinski definition) is 25. The predicted octanol–water partition coefficient (Wildman–Crippen LogP) is 0.741. The fourth-order valence-corrected chi connectivity index (χ4v) is 13.1. The summed E-state index contributed by atoms with van der Waals surface area (Å²) < 4.78 is 20.5. The summed E-state index contributed by atoms with van der Waals surface area (Å²) in [5.41, 5.74) is 1.59. The second kappa shape index (κ2) is 35.7. The second-order valence-electron chi connectivity index (χ2n) is 24.4. The summed E-state index contributed by atoms with van der Waals surface area (Å²) in [5, 5.41) is 115. The lowest BCUT2D eigenvalue weighted by molar-refractivity contribution is -0.433. The van der Waals surface area contributed by atoms with Crippen LogP contribution in [0, 0.1) is 5.92 Å². The molecule has 4 aromatic rings. The van der Waals surface area contributed by atoms with Crippen LogP contribution in [0.4, 0.5) is 0 Å². The Morgan fingerprint density at radius 3 is 2.05 bits per heavy atom. The summed E-state index contributed by atoms with van der Waals surface area (Å²) >= 11 is 1.40. The topological polar surface area (TPSA) is 423 Å². The van der Waals surface area contributed by atoms with Crippen LogP contribution in [0.2, 0.25) is 0 Å². The number of aromatic hydroxyl groups is 1. The number of methoxy groups -OCH3 is 1. The monoisotopic (exact) mass is 1370 g/mol. The van der Waals surface area contributed by atoms with Gasteiger partial charge in [-0.25, -0.2) is 5.26 Å². The molecule has 0 bridgehead atoms. The molecular weight excluding hydrogens is 1280 g/mol. The van der Waals surface area contributed by atoms with E-state index in [4.69, 9.17) is 18.9 Å². The number of fused-ring (bicyclic) bond motifs is 2. The number of unbranched alkanes of at least 4 members (excludes halogenated alkanes) is 4. The van der Waals surface area contributed by atoms with Gasteiger partial charge in [-0.05, 0) is 106 Å². The smallest absolute Gasteiger partial charge is 0.261 e. The summed E-state index contributed by atoms with van der Waals surface area (Å²) in [4.78, 5) is 107. The molecule has 4 saturated heterocycles. The highest BCUT2D eigenvalue weighted by Gasteiger charge is 2.50. The molecule has 520 valence electrons. The summed E-state index contributed by atoms with van der Waals surface area (Å²) in [6, 6.07) is 6.30. The Hall–Kier alpha value is -7.18.